The molecular weight excluding hydrogens is 271 g/mol. The molecule has 5 heteroatoms. The summed E-state index contributed by atoms with van der Waals surface area (Å²) in [4.78, 5) is 12.1. The molecule has 1 saturated carbocycles. The van der Waals surface area contributed by atoms with Crippen LogP contribution in [0.5, 0.6) is 0 Å². The highest BCUT2D eigenvalue weighted by atomic mass is 19.1. The summed E-state index contributed by atoms with van der Waals surface area (Å²) in [6.07, 6.45) is 4.45. The lowest BCUT2D eigenvalue weighted by molar-refractivity contribution is -0.00786. The summed E-state index contributed by atoms with van der Waals surface area (Å²) in [5, 5.41) is 13.2. The molecule has 1 aliphatic carbocycles. The standard InChI is InChI=1S/C16H23FN2O2/c1-2-11-5-7-16(21,8-6-11)10-19-15(20)13-9-12(17)3-4-14(13)18/h3-4,9,11,21H,2,5-8,10,18H2,1H3,(H,19,20). The number of nitrogens with one attached hydrogen (secondary N) is 1. The van der Waals surface area contributed by atoms with Crippen LogP contribution in [0.25, 0.3) is 0 Å². The largest absolute Gasteiger partial charge is 0.398 e. The van der Waals surface area contributed by atoms with Crippen LogP contribution in [0.1, 0.15) is 49.4 Å². The lowest BCUT2D eigenvalue weighted by Crippen LogP contribution is -2.45. The summed E-state index contributed by atoms with van der Waals surface area (Å²) in [7, 11) is 0. The third-order valence-corrected chi connectivity index (χ3v) is 4.45. The molecule has 1 fully saturated rings. The van der Waals surface area contributed by atoms with E-state index < -0.39 is 17.3 Å². The molecule has 1 aromatic rings. The van der Waals surface area contributed by atoms with Crippen LogP contribution in [0.2, 0.25) is 0 Å². The average molecular weight is 294 g/mol. The highest BCUT2D eigenvalue weighted by molar-refractivity contribution is 5.99. The minimum absolute atomic E-state index is 0.112. The second-order valence-corrected chi connectivity index (χ2v) is 5.99. The second kappa shape index (κ2) is 6.43. The van der Waals surface area contributed by atoms with Gasteiger partial charge in [0.05, 0.1) is 11.2 Å². The van der Waals surface area contributed by atoms with Gasteiger partial charge in [-0.15, -0.1) is 0 Å². The molecule has 0 saturated heterocycles. The number of anilines is 1. The van der Waals surface area contributed by atoms with Crippen LogP contribution >= 0.6 is 0 Å². The van der Waals surface area contributed by atoms with E-state index in [-0.39, 0.29) is 17.8 Å². The van der Waals surface area contributed by atoms with Gasteiger partial charge >= 0.3 is 0 Å². The Morgan fingerprint density at radius 2 is 2.14 bits per heavy atom. The number of halogens is 1. The average Bonchev–Trinajstić information content (AvgIpc) is 2.48. The van der Waals surface area contributed by atoms with E-state index in [1.54, 1.807) is 0 Å². The maximum atomic E-state index is 13.2. The fourth-order valence-corrected chi connectivity index (χ4v) is 2.87. The van der Waals surface area contributed by atoms with E-state index in [2.05, 4.69) is 12.2 Å². The molecule has 0 heterocycles. The first-order valence-corrected chi connectivity index (χ1v) is 7.49. The Kier molecular flexibility index (Phi) is 4.83. The van der Waals surface area contributed by atoms with Crippen LogP contribution in [0.15, 0.2) is 18.2 Å². The van der Waals surface area contributed by atoms with Crippen molar-refractivity contribution in [2.45, 2.75) is 44.6 Å². The predicted octanol–water partition coefficient (Wildman–Crippen LogP) is 2.47. The van der Waals surface area contributed by atoms with E-state index in [1.165, 1.54) is 12.1 Å². The third-order valence-electron chi connectivity index (χ3n) is 4.45. The zero-order valence-corrected chi connectivity index (χ0v) is 12.4. The lowest BCUT2D eigenvalue weighted by Gasteiger charge is -2.35. The molecule has 0 aromatic heterocycles. The van der Waals surface area contributed by atoms with Gasteiger partial charge in [0.1, 0.15) is 5.82 Å². The van der Waals surface area contributed by atoms with E-state index >= 15 is 0 Å². The van der Waals surface area contributed by atoms with Crippen molar-refractivity contribution in [3.8, 4) is 0 Å². The molecule has 0 spiro atoms. The quantitative estimate of drug-likeness (QED) is 0.747. The first-order valence-electron chi connectivity index (χ1n) is 7.49. The number of amides is 1. The monoisotopic (exact) mass is 294 g/mol. The molecule has 4 nitrogen and oxygen atoms in total. The Morgan fingerprint density at radius 1 is 1.48 bits per heavy atom. The zero-order valence-electron chi connectivity index (χ0n) is 12.4. The fourth-order valence-electron chi connectivity index (χ4n) is 2.87. The van der Waals surface area contributed by atoms with Gasteiger partial charge in [-0.25, -0.2) is 4.39 Å². The number of nitrogens with two attached hydrogens (primary N) is 1. The van der Waals surface area contributed by atoms with Crippen LogP contribution in [-0.2, 0) is 0 Å². The van der Waals surface area contributed by atoms with E-state index in [1.807, 2.05) is 0 Å². The van der Waals surface area contributed by atoms with Gasteiger partial charge in [-0.2, -0.15) is 0 Å². The third kappa shape index (κ3) is 3.94. The molecule has 0 atom stereocenters. The SMILES string of the molecule is CCC1CCC(O)(CNC(=O)c2cc(F)ccc2N)CC1. The van der Waals surface area contributed by atoms with Gasteiger partial charge in [-0.3, -0.25) is 4.79 Å². The van der Waals surface area contributed by atoms with Crippen LogP contribution < -0.4 is 11.1 Å². The van der Waals surface area contributed by atoms with Gasteiger partial charge < -0.3 is 16.2 Å². The first-order chi connectivity index (χ1) is 9.93. The molecule has 116 valence electrons. The molecule has 1 amide bonds. The summed E-state index contributed by atoms with van der Waals surface area (Å²) < 4.78 is 13.2. The van der Waals surface area contributed by atoms with Crippen LogP contribution in [-0.4, -0.2) is 23.2 Å². The second-order valence-electron chi connectivity index (χ2n) is 5.99. The number of nitrogen functional groups attached to an aromatic ring is 1. The van der Waals surface area contributed by atoms with Gasteiger partial charge in [0.2, 0.25) is 0 Å². The molecule has 0 bridgehead atoms. The first kappa shape index (κ1) is 15.8. The van der Waals surface area contributed by atoms with Crippen molar-refractivity contribution in [3.05, 3.63) is 29.6 Å². The number of carbonyl (C=O) groups is 1. The predicted molar refractivity (Wildman–Crippen MR) is 80.3 cm³/mol. The smallest absolute Gasteiger partial charge is 0.253 e. The van der Waals surface area contributed by atoms with Gasteiger partial charge in [0.15, 0.2) is 0 Å². The summed E-state index contributed by atoms with van der Waals surface area (Å²) in [5.74, 6) is -0.283. The van der Waals surface area contributed by atoms with Crippen molar-refractivity contribution >= 4 is 11.6 Å². The van der Waals surface area contributed by atoms with Crippen LogP contribution in [0.3, 0.4) is 0 Å². The summed E-state index contributed by atoms with van der Waals surface area (Å²) >= 11 is 0. The van der Waals surface area contributed by atoms with Gasteiger partial charge in [-0.1, -0.05) is 13.3 Å². The lowest BCUT2D eigenvalue weighted by atomic mass is 9.78. The molecule has 1 aliphatic rings. The Labute approximate surface area is 124 Å². The molecule has 0 unspecified atom stereocenters. The van der Waals surface area contributed by atoms with E-state index in [0.717, 1.165) is 25.3 Å². The Bertz CT molecular complexity index is 511. The minimum Gasteiger partial charge on any atom is -0.398 e. The summed E-state index contributed by atoms with van der Waals surface area (Å²) in [6.45, 7) is 2.34. The van der Waals surface area contributed by atoms with Gasteiger partial charge in [0, 0.05) is 12.2 Å². The van der Waals surface area contributed by atoms with E-state index in [4.69, 9.17) is 5.73 Å². The Balaban J connectivity index is 1.93. The van der Waals surface area contributed by atoms with Gasteiger partial charge in [-0.05, 0) is 49.8 Å². The number of aliphatic hydroxyl groups is 1. The summed E-state index contributed by atoms with van der Waals surface area (Å²) in [5.41, 5.74) is 5.16. The van der Waals surface area contributed by atoms with Crippen molar-refractivity contribution in [1.29, 1.82) is 0 Å². The molecule has 0 radical (unpaired) electrons. The number of rotatable bonds is 4. The summed E-state index contributed by atoms with van der Waals surface area (Å²) in [6, 6.07) is 3.69. The fraction of sp³-hybridized carbons (Fsp3) is 0.562. The number of benzene rings is 1. The highest BCUT2D eigenvalue weighted by Crippen LogP contribution is 2.33. The normalized spacial score (nSPS) is 25.6. The number of hydrogen-bond acceptors (Lipinski definition) is 3. The van der Waals surface area contributed by atoms with Crippen molar-refractivity contribution in [3.63, 3.8) is 0 Å². The number of hydrogen-bond donors (Lipinski definition) is 3. The maximum absolute atomic E-state index is 13.2. The zero-order chi connectivity index (χ0) is 15.5. The van der Waals surface area contributed by atoms with E-state index in [0.29, 0.717) is 18.8 Å². The Hall–Kier alpha value is -1.62. The molecular formula is C16H23FN2O2. The van der Waals surface area contributed by atoms with Crippen LogP contribution in [0, 0.1) is 11.7 Å². The van der Waals surface area contributed by atoms with Crippen molar-refractivity contribution < 1.29 is 14.3 Å². The highest BCUT2D eigenvalue weighted by Gasteiger charge is 2.33. The van der Waals surface area contributed by atoms with Gasteiger partial charge in [0.25, 0.3) is 5.91 Å². The molecule has 4 N–H and O–H groups in total. The molecule has 2 rings (SSSR count). The van der Waals surface area contributed by atoms with Crippen LogP contribution in [0.4, 0.5) is 10.1 Å². The topological polar surface area (TPSA) is 75.3 Å². The maximum Gasteiger partial charge on any atom is 0.253 e. The van der Waals surface area contributed by atoms with Crippen molar-refractivity contribution in [1.82, 2.24) is 5.32 Å². The Morgan fingerprint density at radius 3 is 2.76 bits per heavy atom. The minimum atomic E-state index is -0.858. The molecule has 21 heavy (non-hydrogen) atoms. The molecule has 1 aromatic carbocycles. The molecule has 0 aliphatic heterocycles. The van der Waals surface area contributed by atoms with Crippen molar-refractivity contribution in [2.24, 2.45) is 5.92 Å². The van der Waals surface area contributed by atoms with E-state index in [9.17, 15) is 14.3 Å². The number of carbonyl (C=O) groups excluding carboxylic acids is 1. The van der Waals surface area contributed by atoms with Crippen molar-refractivity contribution in [2.75, 3.05) is 12.3 Å².